The van der Waals surface area contributed by atoms with E-state index in [0.717, 1.165) is 25.9 Å². The van der Waals surface area contributed by atoms with Gasteiger partial charge in [0.05, 0.1) is 25.5 Å². The van der Waals surface area contributed by atoms with Crippen LogP contribution in [0.15, 0.2) is 18.3 Å². The molecule has 0 amide bonds. The number of ether oxygens (including phenoxy) is 2. The first kappa shape index (κ1) is 19.0. The highest BCUT2D eigenvalue weighted by molar-refractivity contribution is 5.39. The number of methoxy groups -OCH3 is 1. The zero-order chi connectivity index (χ0) is 19.1. The molecule has 27 heavy (non-hydrogen) atoms. The summed E-state index contributed by atoms with van der Waals surface area (Å²) < 4.78 is 33.8. The van der Waals surface area contributed by atoms with Crippen LogP contribution in [0, 0.1) is 0 Å². The maximum Gasteiger partial charge on any atom is 0.387 e. The van der Waals surface area contributed by atoms with E-state index in [4.69, 9.17) is 4.74 Å². The first-order valence-electron chi connectivity index (χ1n) is 8.82. The van der Waals surface area contributed by atoms with Crippen molar-refractivity contribution in [3.63, 3.8) is 0 Å². The molecule has 10 heteroatoms. The van der Waals surface area contributed by atoms with Crippen molar-refractivity contribution in [1.82, 2.24) is 19.9 Å². The number of halogens is 2. The summed E-state index contributed by atoms with van der Waals surface area (Å²) in [7, 11) is 1.51. The molecule has 0 radical (unpaired) electrons. The Bertz CT molecular complexity index is 724. The lowest BCUT2D eigenvalue weighted by Gasteiger charge is -2.20. The predicted molar refractivity (Wildman–Crippen MR) is 95.3 cm³/mol. The number of pyridine rings is 1. The molecule has 0 atom stereocenters. The largest absolute Gasteiger partial charge is 0.467 e. The molecule has 2 aromatic rings. The van der Waals surface area contributed by atoms with Crippen LogP contribution in [0.4, 0.5) is 20.7 Å². The van der Waals surface area contributed by atoms with Crippen molar-refractivity contribution >= 4 is 11.9 Å². The summed E-state index contributed by atoms with van der Waals surface area (Å²) in [5, 5.41) is 3.07. The Morgan fingerprint density at radius 1 is 1.11 bits per heavy atom. The van der Waals surface area contributed by atoms with Gasteiger partial charge >= 0.3 is 12.6 Å². The van der Waals surface area contributed by atoms with Crippen LogP contribution < -0.4 is 19.7 Å². The van der Waals surface area contributed by atoms with Crippen LogP contribution in [0.5, 0.6) is 11.8 Å². The molecule has 0 aromatic carbocycles. The van der Waals surface area contributed by atoms with Crippen LogP contribution in [0.3, 0.4) is 0 Å². The van der Waals surface area contributed by atoms with E-state index in [9.17, 15) is 8.78 Å². The van der Waals surface area contributed by atoms with Gasteiger partial charge in [0.1, 0.15) is 5.75 Å². The van der Waals surface area contributed by atoms with Gasteiger partial charge in [-0.15, -0.1) is 0 Å². The Balaban J connectivity index is 1.67. The number of alkyl halides is 2. The normalized spacial score (nSPS) is 14.7. The lowest BCUT2D eigenvalue weighted by molar-refractivity contribution is -0.0500. The fourth-order valence-electron chi connectivity index (χ4n) is 2.79. The molecule has 0 aliphatic carbocycles. The molecule has 0 saturated carbocycles. The van der Waals surface area contributed by atoms with Crippen LogP contribution in [0.1, 0.15) is 31.4 Å². The summed E-state index contributed by atoms with van der Waals surface area (Å²) in [4.78, 5) is 19.3. The fraction of sp³-hybridized carbons (Fsp3) is 0.529. The molecule has 0 unspecified atom stereocenters. The molecular formula is C17H22F2N6O2. The van der Waals surface area contributed by atoms with Crippen LogP contribution in [0.2, 0.25) is 0 Å². The van der Waals surface area contributed by atoms with Gasteiger partial charge in [0, 0.05) is 13.1 Å². The number of nitrogens with zero attached hydrogens (tertiary/aromatic N) is 5. The first-order chi connectivity index (χ1) is 13.1. The molecule has 0 spiro atoms. The lowest BCUT2D eigenvalue weighted by atomic mass is 10.2. The summed E-state index contributed by atoms with van der Waals surface area (Å²) in [5.41, 5.74) is 0.632. The molecule has 1 aliphatic heterocycles. The van der Waals surface area contributed by atoms with Crippen LogP contribution in [-0.2, 0) is 6.54 Å². The third-order valence-corrected chi connectivity index (χ3v) is 4.12. The SMILES string of the molecule is COc1nc(NCc2ccc(OC(F)F)cn2)nc(N2CCCCCC2)n1. The number of hydrogen-bond donors (Lipinski definition) is 1. The van der Waals surface area contributed by atoms with Crippen molar-refractivity contribution < 1.29 is 18.3 Å². The molecule has 3 rings (SSSR count). The third kappa shape index (κ3) is 5.60. The Kier molecular flexibility index (Phi) is 6.50. The number of anilines is 2. The Morgan fingerprint density at radius 3 is 2.52 bits per heavy atom. The molecule has 0 bridgehead atoms. The standard InChI is InChI=1S/C17H22F2N6O2/c1-26-17-23-15(22-16(24-17)25-8-4-2-3-5-9-25)21-10-12-6-7-13(11-20-12)27-14(18)19/h6-7,11,14H,2-5,8-10H2,1H3,(H,21,22,23,24). The highest BCUT2D eigenvalue weighted by atomic mass is 19.3. The van der Waals surface area contributed by atoms with Crippen molar-refractivity contribution in [3.05, 3.63) is 24.0 Å². The van der Waals surface area contributed by atoms with Gasteiger partial charge in [-0.1, -0.05) is 12.8 Å². The van der Waals surface area contributed by atoms with E-state index in [-0.39, 0.29) is 11.8 Å². The van der Waals surface area contributed by atoms with E-state index in [1.54, 1.807) is 6.07 Å². The minimum Gasteiger partial charge on any atom is -0.467 e. The quantitative estimate of drug-likeness (QED) is 0.785. The van der Waals surface area contributed by atoms with E-state index >= 15 is 0 Å². The summed E-state index contributed by atoms with van der Waals surface area (Å²) in [6.07, 6.45) is 5.88. The van der Waals surface area contributed by atoms with Crippen molar-refractivity contribution in [2.24, 2.45) is 0 Å². The minimum absolute atomic E-state index is 0.0130. The summed E-state index contributed by atoms with van der Waals surface area (Å²) in [6.45, 7) is -0.743. The molecule has 2 aromatic heterocycles. The fourth-order valence-corrected chi connectivity index (χ4v) is 2.79. The highest BCUT2D eigenvalue weighted by Crippen LogP contribution is 2.19. The van der Waals surface area contributed by atoms with Crippen LogP contribution in [-0.4, -0.2) is 46.7 Å². The first-order valence-corrected chi connectivity index (χ1v) is 8.82. The molecule has 3 heterocycles. The zero-order valence-electron chi connectivity index (χ0n) is 15.1. The summed E-state index contributed by atoms with van der Waals surface area (Å²) in [5.74, 6) is 0.967. The van der Waals surface area contributed by atoms with Gasteiger partial charge < -0.3 is 19.7 Å². The van der Waals surface area contributed by atoms with E-state index < -0.39 is 6.61 Å². The predicted octanol–water partition coefficient (Wildman–Crippen LogP) is 2.87. The molecule has 8 nitrogen and oxygen atoms in total. The van der Waals surface area contributed by atoms with E-state index in [1.165, 1.54) is 32.2 Å². The van der Waals surface area contributed by atoms with Gasteiger partial charge in [-0.3, -0.25) is 4.98 Å². The summed E-state index contributed by atoms with van der Waals surface area (Å²) >= 11 is 0. The third-order valence-electron chi connectivity index (χ3n) is 4.12. The smallest absolute Gasteiger partial charge is 0.387 e. The number of hydrogen-bond acceptors (Lipinski definition) is 8. The molecular weight excluding hydrogens is 358 g/mol. The van der Waals surface area contributed by atoms with Crippen molar-refractivity contribution in [1.29, 1.82) is 0 Å². The maximum absolute atomic E-state index is 12.2. The van der Waals surface area contributed by atoms with Crippen molar-refractivity contribution in [2.75, 3.05) is 30.4 Å². The molecule has 1 aliphatic rings. The van der Waals surface area contributed by atoms with Crippen LogP contribution in [0.25, 0.3) is 0 Å². The average Bonchev–Trinajstić information content (AvgIpc) is 2.96. The lowest BCUT2D eigenvalue weighted by Crippen LogP contribution is -2.26. The molecule has 146 valence electrons. The van der Waals surface area contributed by atoms with Gasteiger partial charge in [-0.25, -0.2) is 0 Å². The monoisotopic (exact) mass is 380 g/mol. The topological polar surface area (TPSA) is 85.3 Å². The average molecular weight is 380 g/mol. The molecule has 1 saturated heterocycles. The van der Waals surface area contributed by atoms with Crippen molar-refractivity contribution in [3.8, 4) is 11.8 Å². The Labute approximate surface area is 156 Å². The Hall–Kier alpha value is -2.78. The summed E-state index contributed by atoms with van der Waals surface area (Å²) in [6, 6.07) is 3.27. The van der Waals surface area contributed by atoms with Crippen LogP contribution >= 0.6 is 0 Å². The van der Waals surface area contributed by atoms with Gasteiger partial charge in [-0.2, -0.15) is 23.7 Å². The second-order valence-corrected chi connectivity index (χ2v) is 6.06. The van der Waals surface area contributed by atoms with Crippen molar-refractivity contribution in [2.45, 2.75) is 38.8 Å². The second-order valence-electron chi connectivity index (χ2n) is 6.06. The zero-order valence-corrected chi connectivity index (χ0v) is 15.1. The number of rotatable bonds is 7. The van der Waals surface area contributed by atoms with Gasteiger partial charge in [-0.05, 0) is 25.0 Å². The van der Waals surface area contributed by atoms with Gasteiger partial charge in [0.25, 0.3) is 0 Å². The second kappa shape index (κ2) is 9.24. The number of aromatic nitrogens is 4. The number of nitrogens with one attached hydrogen (secondary N) is 1. The molecule has 1 fully saturated rings. The highest BCUT2D eigenvalue weighted by Gasteiger charge is 2.16. The Morgan fingerprint density at radius 2 is 1.89 bits per heavy atom. The maximum atomic E-state index is 12.2. The van der Waals surface area contributed by atoms with Gasteiger partial charge in [0.2, 0.25) is 11.9 Å². The van der Waals surface area contributed by atoms with E-state index in [2.05, 4.69) is 34.9 Å². The van der Waals surface area contributed by atoms with E-state index in [1.807, 2.05) is 0 Å². The molecule has 1 N–H and O–H groups in total. The van der Waals surface area contributed by atoms with E-state index in [0.29, 0.717) is 24.1 Å². The van der Waals surface area contributed by atoms with Gasteiger partial charge in [0.15, 0.2) is 0 Å². The minimum atomic E-state index is -2.87.